The van der Waals surface area contributed by atoms with Crippen LogP contribution in [0.2, 0.25) is 12.0 Å². The molecule has 174 valence electrons. The molecule has 0 aromatic heterocycles. The van der Waals surface area contributed by atoms with Crippen molar-refractivity contribution in [1.82, 2.24) is 0 Å². The van der Waals surface area contributed by atoms with Gasteiger partial charge in [0.15, 0.2) is 0 Å². The molecule has 13 nitrogen and oxygen atoms in total. The molecule has 0 spiro atoms. The maximum Gasteiger partial charge on any atom is 0 e. The summed E-state index contributed by atoms with van der Waals surface area (Å²) in [7, 11) is 0. The molecule has 0 saturated carbocycles. The molecule has 33 heavy (non-hydrogen) atoms. The van der Waals surface area contributed by atoms with Crippen LogP contribution in [0.3, 0.4) is 0 Å². The van der Waals surface area contributed by atoms with E-state index in [1.807, 2.05) is 6.92 Å². The normalized spacial score (nSPS) is 20.7. The Kier molecular flexibility index (Phi) is 135. The second-order valence-electron chi connectivity index (χ2n) is 3.01. The van der Waals surface area contributed by atoms with Gasteiger partial charge in [0.05, 0.1) is 0 Å². The summed E-state index contributed by atoms with van der Waals surface area (Å²) in [6.45, 7) is 47.0. The molecule has 4 saturated heterocycles. The van der Waals surface area contributed by atoms with Gasteiger partial charge >= 0.3 is 194 Å². The monoisotopic (exact) mass is 726 g/mol. The van der Waals surface area contributed by atoms with Crippen LogP contribution in [0.1, 0.15) is 6.92 Å². The minimum Gasteiger partial charge on any atom is 0 e. The van der Waals surface area contributed by atoms with Gasteiger partial charge in [-0.2, -0.15) is 0 Å². The fourth-order valence-corrected chi connectivity index (χ4v) is 42.8. The van der Waals surface area contributed by atoms with E-state index in [2.05, 4.69) is 66.5 Å². The predicted molar refractivity (Wildman–Crippen MR) is 82.6 cm³/mol. The molecule has 4 aliphatic heterocycles. The molecule has 0 unspecified atom stereocenters. The zero-order valence-corrected chi connectivity index (χ0v) is 24.3. The SMILES string of the molecule is CC12O[As]3C[As](C[As](C3)O1)O2.[C-]#[O+].[C-]#[O+].[C-]#[O+].[C-]#[O+].[C-]#[O+].[C-]#[O+].[C-]#[O+].[C-]#[O+].[C-]#[O+].[C-]#[O+].[Cr].[Cr]. The zero-order chi connectivity index (χ0) is 27.5. The average Bonchev–Trinajstić information content (AvgIpc) is 2.90. The molecule has 4 aliphatic rings. The van der Waals surface area contributed by atoms with E-state index in [0.717, 1.165) is 0 Å². The molecule has 4 heterocycles. The Hall–Kier alpha value is 0.0203. The van der Waals surface area contributed by atoms with Crippen LogP contribution in [0.4, 0.5) is 0 Å². The number of hydrogen-bond donors (Lipinski definition) is 0. The second kappa shape index (κ2) is 69.7. The largest absolute Gasteiger partial charge is 0 e. The van der Waals surface area contributed by atoms with Crippen LogP contribution in [0.25, 0.3) is 0 Å². The molecule has 0 aromatic rings. The zero-order valence-electron chi connectivity index (χ0n) is 16.1. The molecule has 0 radical (unpaired) electrons. The maximum absolute atomic E-state index is 7.50. The van der Waals surface area contributed by atoms with E-state index in [4.69, 9.17) is 57.7 Å². The van der Waals surface area contributed by atoms with Gasteiger partial charge in [-0.25, -0.2) is 0 Å². The Morgan fingerprint density at radius 3 is 0.636 bits per heavy atom. The Balaban J connectivity index is -0.0000000263. The molecule has 4 fully saturated rings. The summed E-state index contributed by atoms with van der Waals surface area (Å²) in [5, 5.41) is 0. The molecule has 0 aromatic carbocycles. The first-order valence-corrected chi connectivity index (χ1v) is 15.9. The first-order chi connectivity index (χ1) is 15.2. The predicted octanol–water partition coefficient (Wildman–Crippen LogP) is -0.0373. The van der Waals surface area contributed by atoms with E-state index in [9.17, 15) is 0 Å². The van der Waals surface area contributed by atoms with Crippen molar-refractivity contribution < 1.29 is 92.4 Å². The van der Waals surface area contributed by atoms with E-state index in [1.165, 1.54) is 12.0 Å². The van der Waals surface area contributed by atoms with Crippen molar-refractivity contribution in [2.45, 2.75) is 24.9 Å². The van der Waals surface area contributed by atoms with Crippen molar-refractivity contribution in [2.24, 2.45) is 0 Å². The first-order valence-electron chi connectivity index (χ1n) is 5.60. The topological polar surface area (TPSA) is 227 Å². The quantitative estimate of drug-likeness (QED) is 0.191. The Morgan fingerprint density at radius 1 is 0.424 bits per heavy atom. The standard InChI is InChI=1S/C5H9As3O3.10CO.2Cr/c1-5-9-6-2-7(10-5)4-8(3-6)11-5;10*1-2;;/h2-4H2,1H3;;;;;;;;;;;;. The molecular weight excluding hydrogens is 717 g/mol. The third-order valence-corrected chi connectivity index (χ3v) is 30.2. The average molecular weight is 726 g/mol. The molecule has 0 amide bonds. The Bertz CT molecular complexity index is 445. The van der Waals surface area contributed by atoms with Crippen LogP contribution in [-0.2, 0) is 92.4 Å². The third kappa shape index (κ3) is 39.5. The van der Waals surface area contributed by atoms with E-state index in [1.54, 1.807) is 0 Å². The van der Waals surface area contributed by atoms with Crippen LogP contribution >= 0.6 is 0 Å². The fraction of sp³-hybridized carbons (Fsp3) is 0.333. The molecule has 0 aliphatic carbocycles. The smallest absolute Gasteiger partial charge is 0 e. The van der Waals surface area contributed by atoms with Crippen molar-refractivity contribution in [2.75, 3.05) is 0 Å². The molecule has 4 bridgehead atoms. The van der Waals surface area contributed by atoms with E-state index in [0.29, 0.717) is 0 Å². The van der Waals surface area contributed by atoms with Crippen LogP contribution in [0.5, 0.6) is 0 Å². The Morgan fingerprint density at radius 2 is 0.545 bits per heavy atom. The Labute approximate surface area is 227 Å². The summed E-state index contributed by atoms with van der Waals surface area (Å²) in [5.41, 5.74) is 0. The third-order valence-electron chi connectivity index (χ3n) is 1.83. The van der Waals surface area contributed by atoms with Crippen LogP contribution < -0.4 is 0 Å². The minimum atomic E-state index is -0.837. The molecule has 0 N–H and O–H groups in total. The minimum absolute atomic E-state index is 0. The summed E-state index contributed by atoms with van der Waals surface area (Å²) < 4.78 is 96.5. The molecule has 4 rings (SSSR count). The summed E-state index contributed by atoms with van der Waals surface area (Å²) in [6, 6.07) is 0. The van der Waals surface area contributed by atoms with Gasteiger partial charge in [0.1, 0.15) is 0 Å². The van der Waals surface area contributed by atoms with Gasteiger partial charge in [-0.3, -0.25) is 0 Å². The summed E-state index contributed by atoms with van der Waals surface area (Å²) in [6.07, 6.45) is 0. The van der Waals surface area contributed by atoms with Crippen molar-refractivity contribution in [3.05, 3.63) is 66.5 Å². The van der Waals surface area contributed by atoms with Crippen molar-refractivity contribution >= 4 is 45.0 Å². The van der Waals surface area contributed by atoms with Crippen molar-refractivity contribution in [1.29, 1.82) is 0 Å². The number of hydrogen-bond acceptors (Lipinski definition) is 3. The van der Waals surface area contributed by atoms with E-state index in [-0.39, 0.29) is 34.7 Å². The molecule has 18 heteroatoms. The first kappa shape index (κ1) is 63.9. The number of rotatable bonds is 0. The van der Waals surface area contributed by atoms with Gasteiger partial charge in [-0.05, 0) is 0 Å². The van der Waals surface area contributed by atoms with Gasteiger partial charge < -0.3 is 0 Å². The maximum atomic E-state index is 7.50. The fourth-order valence-electron chi connectivity index (χ4n) is 1.59. The van der Waals surface area contributed by atoms with Crippen LogP contribution in [0, 0.1) is 66.5 Å². The van der Waals surface area contributed by atoms with Crippen molar-refractivity contribution in [3.63, 3.8) is 0 Å². The van der Waals surface area contributed by atoms with Gasteiger partial charge in [0.2, 0.25) is 0 Å². The summed E-state index contributed by atoms with van der Waals surface area (Å²) in [4.78, 5) is 0. The van der Waals surface area contributed by atoms with Gasteiger partial charge in [-0.15, -0.1) is 0 Å². The van der Waals surface area contributed by atoms with Crippen molar-refractivity contribution in [3.8, 4) is 0 Å². The van der Waals surface area contributed by atoms with E-state index < -0.39 is 51.0 Å². The van der Waals surface area contributed by atoms with E-state index >= 15 is 0 Å². The van der Waals surface area contributed by atoms with Gasteiger partial charge in [-0.1, -0.05) is 0 Å². The van der Waals surface area contributed by atoms with Gasteiger partial charge in [0.25, 0.3) is 0 Å². The van der Waals surface area contributed by atoms with Crippen LogP contribution in [0.15, 0.2) is 0 Å². The second-order valence-corrected chi connectivity index (χ2v) is 21.3. The van der Waals surface area contributed by atoms with Crippen LogP contribution in [-0.4, -0.2) is 51.0 Å². The summed E-state index contributed by atoms with van der Waals surface area (Å²) in [5.74, 6) is -0.505. The molecule has 0 atom stereocenters. The molecular formula is C15H9As3Cr2O13. The summed E-state index contributed by atoms with van der Waals surface area (Å²) >= 11 is -2.51. The van der Waals surface area contributed by atoms with Gasteiger partial charge in [0, 0.05) is 34.7 Å².